The molecular formula is C28H34N2O5. The Morgan fingerprint density at radius 2 is 1.69 bits per heavy atom. The number of hydrogen-bond donors (Lipinski definition) is 2. The molecule has 2 aromatic carbocycles. The molecule has 1 aliphatic rings. The van der Waals surface area contributed by atoms with Gasteiger partial charge in [-0.3, -0.25) is 4.79 Å². The lowest BCUT2D eigenvalue weighted by Gasteiger charge is -2.27. The number of rotatable bonds is 11. The van der Waals surface area contributed by atoms with Crippen molar-refractivity contribution in [2.75, 3.05) is 18.1 Å². The van der Waals surface area contributed by atoms with Crippen molar-refractivity contribution in [3.05, 3.63) is 72.3 Å². The van der Waals surface area contributed by atoms with Crippen LogP contribution >= 0.6 is 0 Å². The zero-order chi connectivity index (χ0) is 25.0. The third-order valence-electron chi connectivity index (χ3n) is 5.84. The van der Waals surface area contributed by atoms with E-state index in [1.807, 2.05) is 6.08 Å². The average Bonchev–Trinajstić information content (AvgIpc) is 2.85. The summed E-state index contributed by atoms with van der Waals surface area (Å²) in [6.07, 6.45) is 10.3. The van der Waals surface area contributed by atoms with E-state index in [2.05, 4.69) is 6.58 Å². The fourth-order valence-corrected chi connectivity index (χ4v) is 3.99. The lowest BCUT2D eigenvalue weighted by molar-refractivity contribution is -0.141. The van der Waals surface area contributed by atoms with Gasteiger partial charge in [-0.15, -0.1) is 6.58 Å². The van der Waals surface area contributed by atoms with E-state index >= 15 is 0 Å². The summed E-state index contributed by atoms with van der Waals surface area (Å²) in [6.45, 7) is 4.53. The number of hydrogen-bond acceptors (Lipinski definition) is 7. The van der Waals surface area contributed by atoms with Crippen molar-refractivity contribution >= 4 is 29.4 Å². The molecule has 0 bridgehead atoms. The molecule has 1 aliphatic carbocycles. The lowest BCUT2D eigenvalue weighted by atomic mass is 9.87. The fraction of sp³-hybridized carbons (Fsp3) is 0.357. The molecule has 4 N–H and O–H groups in total. The van der Waals surface area contributed by atoms with Gasteiger partial charge >= 0.3 is 11.9 Å². The van der Waals surface area contributed by atoms with E-state index in [9.17, 15) is 9.59 Å². The molecule has 0 unspecified atom stereocenters. The molecule has 0 amide bonds. The largest absolute Gasteiger partial charge is 0.458 e. The van der Waals surface area contributed by atoms with Gasteiger partial charge in [0.1, 0.15) is 12.4 Å². The zero-order valence-corrected chi connectivity index (χ0v) is 20.0. The molecule has 0 heterocycles. The van der Waals surface area contributed by atoms with Crippen LogP contribution in [-0.4, -0.2) is 24.6 Å². The topological polar surface area (TPSA) is 114 Å². The van der Waals surface area contributed by atoms with Gasteiger partial charge in [0.2, 0.25) is 0 Å². The molecule has 1 fully saturated rings. The van der Waals surface area contributed by atoms with Crippen LogP contribution in [0.2, 0.25) is 0 Å². The third kappa shape index (κ3) is 8.94. The maximum Gasteiger partial charge on any atom is 0.331 e. The van der Waals surface area contributed by atoms with Crippen LogP contribution in [0.25, 0.3) is 6.08 Å². The Morgan fingerprint density at radius 3 is 2.34 bits per heavy atom. The Bertz CT molecular complexity index is 1000. The molecule has 7 nitrogen and oxygen atoms in total. The quantitative estimate of drug-likeness (QED) is 0.116. The summed E-state index contributed by atoms with van der Waals surface area (Å²) >= 11 is 0. The van der Waals surface area contributed by atoms with E-state index in [0.29, 0.717) is 17.1 Å². The number of benzene rings is 2. The maximum atomic E-state index is 12.5. The SMILES string of the molecule is C=CCCCOC1CCC(C(=O)Oc2ccc(C=CC(=O)OCc3cc(N)cc(N)c3)cc2)CC1. The molecule has 3 rings (SSSR count). The molecule has 35 heavy (non-hydrogen) atoms. The minimum Gasteiger partial charge on any atom is -0.458 e. The molecule has 0 atom stereocenters. The minimum atomic E-state index is -0.484. The van der Waals surface area contributed by atoms with Crippen molar-refractivity contribution < 1.29 is 23.8 Å². The predicted molar refractivity (Wildman–Crippen MR) is 137 cm³/mol. The van der Waals surface area contributed by atoms with Gasteiger partial charge in [0.15, 0.2) is 0 Å². The van der Waals surface area contributed by atoms with E-state index in [-0.39, 0.29) is 24.6 Å². The minimum absolute atomic E-state index is 0.0800. The van der Waals surface area contributed by atoms with Gasteiger partial charge < -0.3 is 25.7 Å². The number of esters is 2. The van der Waals surface area contributed by atoms with E-state index in [0.717, 1.165) is 56.3 Å². The number of carbonyl (C=O) groups is 2. The first-order valence-electron chi connectivity index (χ1n) is 12.0. The number of unbranched alkanes of at least 4 members (excludes halogenated alkanes) is 1. The summed E-state index contributed by atoms with van der Waals surface area (Å²) in [6, 6.07) is 12.0. The molecule has 0 radical (unpaired) electrons. The second-order valence-electron chi connectivity index (χ2n) is 8.71. The highest BCUT2D eigenvalue weighted by Gasteiger charge is 2.28. The summed E-state index contributed by atoms with van der Waals surface area (Å²) in [7, 11) is 0. The van der Waals surface area contributed by atoms with Gasteiger partial charge in [-0.25, -0.2) is 4.79 Å². The standard InChI is InChI=1S/C28H34N2O5/c1-2-3-4-15-33-25-12-8-22(9-13-25)28(32)35-26-10-5-20(6-11-26)7-14-27(31)34-19-21-16-23(29)18-24(30)17-21/h2,5-7,10-11,14,16-18,22,25H,1,3-4,8-9,12-13,15,19,29-30H2. The van der Waals surface area contributed by atoms with Crippen LogP contribution < -0.4 is 16.2 Å². The van der Waals surface area contributed by atoms with E-state index < -0.39 is 5.97 Å². The molecule has 0 aromatic heterocycles. The van der Waals surface area contributed by atoms with Crippen LogP contribution in [0.5, 0.6) is 5.75 Å². The second-order valence-corrected chi connectivity index (χ2v) is 8.71. The summed E-state index contributed by atoms with van der Waals surface area (Å²) < 4.78 is 16.7. The van der Waals surface area contributed by atoms with Crippen LogP contribution in [-0.2, 0) is 25.7 Å². The molecule has 7 heteroatoms. The highest BCUT2D eigenvalue weighted by atomic mass is 16.5. The normalized spacial score (nSPS) is 17.7. The summed E-state index contributed by atoms with van der Waals surface area (Å²) in [4.78, 5) is 24.5. The van der Waals surface area contributed by atoms with Crippen molar-refractivity contribution in [1.82, 2.24) is 0 Å². The van der Waals surface area contributed by atoms with Crippen LogP contribution in [0.3, 0.4) is 0 Å². The fourth-order valence-electron chi connectivity index (χ4n) is 3.99. The number of nitrogens with two attached hydrogens (primary N) is 2. The van der Waals surface area contributed by atoms with Crippen molar-refractivity contribution in [1.29, 1.82) is 0 Å². The second kappa shape index (κ2) is 13.3. The number of nitrogen functional groups attached to an aromatic ring is 2. The monoisotopic (exact) mass is 478 g/mol. The van der Waals surface area contributed by atoms with E-state index in [1.165, 1.54) is 6.08 Å². The first-order valence-corrected chi connectivity index (χ1v) is 12.0. The smallest absolute Gasteiger partial charge is 0.331 e. The molecule has 0 saturated heterocycles. The zero-order valence-electron chi connectivity index (χ0n) is 20.0. The number of allylic oxidation sites excluding steroid dienone is 1. The molecule has 1 saturated carbocycles. The van der Waals surface area contributed by atoms with Gasteiger partial charge in [-0.1, -0.05) is 18.2 Å². The van der Waals surface area contributed by atoms with Crippen LogP contribution in [0.4, 0.5) is 11.4 Å². The Morgan fingerprint density at radius 1 is 1.00 bits per heavy atom. The van der Waals surface area contributed by atoms with Crippen molar-refractivity contribution in [3.63, 3.8) is 0 Å². The lowest BCUT2D eigenvalue weighted by Crippen LogP contribution is -2.29. The third-order valence-corrected chi connectivity index (χ3v) is 5.84. The average molecular weight is 479 g/mol. The molecule has 0 spiro atoms. The van der Waals surface area contributed by atoms with Gasteiger partial charge in [0.05, 0.1) is 12.0 Å². The number of anilines is 2. The van der Waals surface area contributed by atoms with Crippen molar-refractivity contribution in [2.24, 2.45) is 5.92 Å². The summed E-state index contributed by atoms with van der Waals surface area (Å²) in [5, 5.41) is 0. The maximum absolute atomic E-state index is 12.5. The van der Waals surface area contributed by atoms with E-state index in [4.69, 9.17) is 25.7 Å². The highest BCUT2D eigenvalue weighted by Crippen LogP contribution is 2.28. The van der Waals surface area contributed by atoms with Crippen LogP contribution in [0, 0.1) is 5.92 Å². The predicted octanol–water partition coefficient (Wildman–Crippen LogP) is 5.05. The van der Waals surface area contributed by atoms with Crippen molar-refractivity contribution in [2.45, 2.75) is 51.2 Å². The summed E-state index contributed by atoms with van der Waals surface area (Å²) in [5.41, 5.74) is 14.0. The van der Waals surface area contributed by atoms with Gasteiger partial charge in [-0.05, 0) is 86.1 Å². The van der Waals surface area contributed by atoms with Gasteiger partial charge in [0, 0.05) is 24.1 Å². The first-order chi connectivity index (χ1) is 16.9. The number of ether oxygens (including phenoxy) is 3. The Balaban J connectivity index is 1.40. The number of carbonyl (C=O) groups excluding carboxylic acids is 2. The summed E-state index contributed by atoms with van der Waals surface area (Å²) in [5.74, 6) is -0.310. The van der Waals surface area contributed by atoms with E-state index in [1.54, 1.807) is 48.5 Å². The molecule has 186 valence electrons. The van der Waals surface area contributed by atoms with Gasteiger partial charge in [-0.2, -0.15) is 0 Å². The molecular weight excluding hydrogens is 444 g/mol. The van der Waals surface area contributed by atoms with Crippen molar-refractivity contribution in [3.8, 4) is 5.75 Å². The first kappa shape index (κ1) is 26.0. The Hall–Kier alpha value is -3.58. The van der Waals surface area contributed by atoms with Crippen LogP contribution in [0.15, 0.2) is 61.2 Å². The van der Waals surface area contributed by atoms with Crippen LogP contribution in [0.1, 0.15) is 49.7 Å². The molecule has 0 aliphatic heterocycles. The Labute approximate surface area is 206 Å². The highest BCUT2D eigenvalue weighted by molar-refractivity contribution is 5.87. The Kier molecular flexibility index (Phi) is 9.93. The molecule has 2 aromatic rings. The van der Waals surface area contributed by atoms with Gasteiger partial charge in [0.25, 0.3) is 0 Å².